The number of alkyl halides is 2. The standard InChI is InChI=1S/C11H14F2N2O.ClH/c12-11(13)8-3-1-4-9(7-8)15-10(16)5-2-6-14;/h1,3-4,7,11H,2,5-6,14H2,(H,15,16);1H. The molecule has 0 radical (unpaired) electrons. The minimum atomic E-state index is -2.53. The summed E-state index contributed by atoms with van der Waals surface area (Å²) >= 11 is 0. The number of nitrogens with two attached hydrogens (primary N) is 1. The summed E-state index contributed by atoms with van der Waals surface area (Å²) in [7, 11) is 0. The molecule has 0 aromatic heterocycles. The Morgan fingerprint density at radius 3 is 2.71 bits per heavy atom. The summed E-state index contributed by atoms with van der Waals surface area (Å²) in [6.45, 7) is 0.435. The van der Waals surface area contributed by atoms with E-state index in [0.29, 0.717) is 25.1 Å². The quantitative estimate of drug-likeness (QED) is 0.859. The molecule has 1 aromatic rings. The Bertz CT molecular complexity index is 361. The molecule has 0 aliphatic rings. The van der Waals surface area contributed by atoms with Crippen LogP contribution in [0.2, 0.25) is 0 Å². The van der Waals surface area contributed by atoms with Crippen LogP contribution in [-0.2, 0) is 4.79 Å². The summed E-state index contributed by atoms with van der Waals surface area (Å²) in [4.78, 5) is 11.3. The predicted molar refractivity (Wildman–Crippen MR) is 65.6 cm³/mol. The summed E-state index contributed by atoms with van der Waals surface area (Å²) < 4.78 is 24.7. The van der Waals surface area contributed by atoms with Gasteiger partial charge in [0.25, 0.3) is 6.43 Å². The summed E-state index contributed by atoms with van der Waals surface area (Å²) in [5, 5.41) is 2.54. The van der Waals surface area contributed by atoms with Gasteiger partial charge in [0.15, 0.2) is 0 Å². The number of hydrogen-bond donors (Lipinski definition) is 2. The van der Waals surface area contributed by atoms with Crippen LogP contribution in [0.1, 0.15) is 24.8 Å². The van der Waals surface area contributed by atoms with Crippen LogP contribution >= 0.6 is 12.4 Å². The summed E-state index contributed by atoms with van der Waals surface area (Å²) in [6, 6.07) is 5.65. The SMILES string of the molecule is Cl.NCCCC(=O)Nc1cccc(C(F)F)c1. The highest BCUT2D eigenvalue weighted by Crippen LogP contribution is 2.21. The van der Waals surface area contributed by atoms with E-state index in [-0.39, 0.29) is 23.9 Å². The third-order valence-electron chi connectivity index (χ3n) is 2.03. The van der Waals surface area contributed by atoms with Crippen LogP contribution in [0.15, 0.2) is 24.3 Å². The smallest absolute Gasteiger partial charge is 0.263 e. The minimum Gasteiger partial charge on any atom is -0.330 e. The number of hydrogen-bond acceptors (Lipinski definition) is 2. The molecule has 0 unspecified atom stereocenters. The van der Waals surface area contributed by atoms with Gasteiger partial charge in [0.2, 0.25) is 5.91 Å². The number of halogens is 3. The minimum absolute atomic E-state index is 0. The maximum Gasteiger partial charge on any atom is 0.263 e. The second-order valence-corrected chi connectivity index (χ2v) is 3.37. The summed E-state index contributed by atoms with van der Waals surface area (Å²) in [5.74, 6) is -0.211. The van der Waals surface area contributed by atoms with Gasteiger partial charge in [-0.3, -0.25) is 4.79 Å². The number of benzene rings is 1. The van der Waals surface area contributed by atoms with Gasteiger partial charge < -0.3 is 11.1 Å². The third kappa shape index (κ3) is 5.60. The number of anilines is 1. The molecule has 3 N–H and O–H groups in total. The second-order valence-electron chi connectivity index (χ2n) is 3.37. The van der Waals surface area contributed by atoms with Crippen molar-refractivity contribution in [3.8, 4) is 0 Å². The van der Waals surface area contributed by atoms with Crippen molar-refractivity contribution in [1.82, 2.24) is 0 Å². The monoisotopic (exact) mass is 264 g/mol. The fourth-order valence-electron chi connectivity index (χ4n) is 1.24. The molecule has 1 rings (SSSR count). The fourth-order valence-corrected chi connectivity index (χ4v) is 1.24. The lowest BCUT2D eigenvalue weighted by Gasteiger charge is -2.06. The molecule has 6 heteroatoms. The van der Waals surface area contributed by atoms with Crippen molar-refractivity contribution in [2.24, 2.45) is 5.73 Å². The largest absolute Gasteiger partial charge is 0.330 e. The van der Waals surface area contributed by atoms with Gasteiger partial charge >= 0.3 is 0 Å². The van der Waals surface area contributed by atoms with E-state index in [0.717, 1.165) is 0 Å². The van der Waals surface area contributed by atoms with Crippen LogP contribution in [0.3, 0.4) is 0 Å². The Morgan fingerprint density at radius 2 is 2.12 bits per heavy atom. The lowest BCUT2D eigenvalue weighted by atomic mass is 10.2. The second kappa shape index (κ2) is 7.97. The van der Waals surface area contributed by atoms with Crippen LogP contribution in [0.25, 0.3) is 0 Å². The normalized spacial score (nSPS) is 9.88. The summed E-state index contributed by atoms with van der Waals surface area (Å²) in [5.41, 5.74) is 5.54. The van der Waals surface area contributed by atoms with E-state index in [4.69, 9.17) is 5.73 Å². The van der Waals surface area contributed by atoms with Crippen molar-refractivity contribution in [3.63, 3.8) is 0 Å². The van der Waals surface area contributed by atoms with Crippen molar-refractivity contribution in [3.05, 3.63) is 29.8 Å². The van der Waals surface area contributed by atoms with Gasteiger partial charge in [-0.25, -0.2) is 8.78 Å². The van der Waals surface area contributed by atoms with E-state index in [9.17, 15) is 13.6 Å². The molecule has 0 saturated carbocycles. The molecule has 0 heterocycles. The number of carbonyl (C=O) groups excluding carboxylic acids is 1. The van der Waals surface area contributed by atoms with Crippen LogP contribution < -0.4 is 11.1 Å². The first-order valence-electron chi connectivity index (χ1n) is 5.01. The molecule has 0 spiro atoms. The van der Waals surface area contributed by atoms with E-state index in [1.807, 2.05) is 0 Å². The van der Waals surface area contributed by atoms with Gasteiger partial charge in [-0.2, -0.15) is 0 Å². The molecule has 0 saturated heterocycles. The van der Waals surface area contributed by atoms with Crippen LogP contribution in [-0.4, -0.2) is 12.5 Å². The average Bonchev–Trinajstić information content (AvgIpc) is 2.26. The topological polar surface area (TPSA) is 55.1 Å². The zero-order valence-corrected chi connectivity index (χ0v) is 9.97. The Balaban J connectivity index is 0.00000256. The first-order valence-corrected chi connectivity index (χ1v) is 5.01. The van der Waals surface area contributed by atoms with E-state index >= 15 is 0 Å². The molecule has 0 aliphatic heterocycles. The van der Waals surface area contributed by atoms with Gasteiger partial charge in [-0.1, -0.05) is 12.1 Å². The molecule has 0 fully saturated rings. The molecule has 96 valence electrons. The molecule has 0 aliphatic carbocycles. The Kier molecular flexibility index (Phi) is 7.41. The molecule has 3 nitrogen and oxygen atoms in total. The molecule has 0 atom stereocenters. The summed E-state index contributed by atoms with van der Waals surface area (Å²) in [6.07, 6.45) is -1.64. The van der Waals surface area contributed by atoms with Gasteiger partial charge in [-0.05, 0) is 25.1 Å². The lowest BCUT2D eigenvalue weighted by molar-refractivity contribution is -0.116. The zero-order valence-electron chi connectivity index (χ0n) is 9.16. The number of nitrogens with one attached hydrogen (secondary N) is 1. The zero-order chi connectivity index (χ0) is 12.0. The Labute approximate surface area is 105 Å². The van der Waals surface area contributed by atoms with Gasteiger partial charge in [0, 0.05) is 17.7 Å². The highest BCUT2D eigenvalue weighted by Gasteiger charge is 2.08. The van der Waals surface area contributed by atoms with Crippen LogP contribution in [0, 0.1) is 0 Å². The number of amides is 1. The maximum absolute atomic E-state index is 12.4. The maximum atomic E-state index is 12.4. The first kappa shape index (κ1) is 15.8. The number of carbonyl (C=O) groups is 1. The Morgan fingerprint density at radius 1 is 1.41 bits per heavy atom. The Hall–Kier alpha value is -1.20. The van der Waals surface area contributed by atoms with Crippen molar-refractivity contribution in [1.29, 1.82) is 0 Å². The van der Waals surface area contributed by atoms with Gasteiger partial charge in [-0.15, -0.1) is 12.4 Å². The first-order chi connectivity index (χ1) is 7.63. The lowest BCUT2D eigenvalue weighted by Crippen LogP contribution is -2.13. The average molecular weight is 265 g/mol. The fraction of sp³-hybridized carbons (Fsp3) is 0.364. The molecular formula is C11H15ClF2N2O. The van der Waals surface area contributed by atoms with Crippen LogP contribution in [0.4, 0.5) is 14.5 Å². The van der Waals surface area contributed by atoms with Gasteiger partial charge in [0.05, 0.1) is 0 Å². The predicted octanol–water partition coefficient (Wildman–Crippen LogP) is 2.72. The van der Waals surface area contributed by atoms with E-state index < -0.39 is 6.43 Å². The molecule has 1 aromatic carbocycles. The molecule has 17 heavy (non-hydrogen) atoms. The van der Waals surface area contributed by atoms with Crippen molar-refractivity contribution >= 4 is 24.0 Å². The van der Waals surface area contributed by atoms with E-state index in [1.165, 1.54) is 18.2 Å². The van der Waals surface area contributed by atoms with Crippen molar-refractivity contribution in [2.45, 2.75) is 19.3 Å². The molecular weight excluding hydrogens is 250 g/mol. The highest BCUT2D eigenvalue weighted by molar-refractivity contribution is 5.90. The molecule has 0 bridgehead atoms. The third-order valence-corrected chi connectivity index (χ3v) is 2.03. The highest BCUT2D eigenvalue weighted by atomic mass is 35.5. The van der Waals surface area contributed by atoms with Gasteiger partial charge in [0.1, 0.15) is 0 Å². The number of rotatable bonds is 5. The molecule has 1 amide bonds. The van der Waals surface area contributed by atoms with Crippen molar-refractivity contribution in [2.75, 3.05) is 11.9 Å². The van der Waals surface area contributed by atoms with E-state index in [2.05, 4.69) is 5.32 Å². The van der Waals surface area contributed by atoms with Crippen LogP contribution in [0.5, 0.6) is 0 Å². The van der Waals surface area contributed by atoms with E-state index in [1.54, 1.807) is 6.07 Å². The van der Waals surface area contributed by atoms with Crippen molar-refractivity contribution < 1.29 is 13.6 Å².